The maximum absolute atomic E-state index is 11.7. The summed E-state index contributed by atoms with van der Waals surface area (Å²) < 4.78 is 0. The first-order valence-electron chi connectivity index (χ1n) is 11.3. The van der Waals surface area contributed by atoms with E-state index >= 15 is 0 Å². The molecule has 32 heavy (non-hydrogen) atoms. The molecule has 6 nitrogen and oxygen atoms in total. The molecule has 0 aliphatic heterocycles. The van der Waals surface area contributed by atoms with Crippen LogP contribution in [0.15, 0.2) is 72.9 Å². The molecule has 0 aliphatic carbocycles. The van der Waals surface area contributed by atoms with Crippen LogP contribution in [0.1, 0.15) is 58.3 Å². The van der Waals surface area contributed by atoms with E-state index in [4.69, 9.17) is 5.11 Å². The first-order valence-corrected chi connectivity index (χ1v) is 11.3. The summed E-state index contributed by atoms with van der Waals surface area (Å²) in [6, 6.07) is 0. The first kappa shape index (κ1) is 28.9. The number of amides is 2. The molecule has 0 atom stereocenters. The predicted octanol–water partition coefficient (Wildman–Crippen LogP) is 4.78. The van der Waals surface area contributed by atoms with Crippen LogP contribution < -0.4 is 10.6 Å². The average molecular weight is 443 g/mol. The second kappa shape index (κ2) is 22.5. The molecule has 0 radical (unpaired) electrons. The van der Waals surface area contributed by atoms with Crippen LogP contribution in [0.25, 0.3) is 0 Å². The molecule has 3 N–H and O–H groups in total. The fraction of sp³-hybridized carbons (Fsp3) is 0.423. The Morgan fingerprint density at radius 3 is 1.72 bits per heavy atom. The third-order valence-corrected chi connectivity index (χ3v) is 4.06. The van der Waals surface area contributed by atoms with Gasteiger partial charge in [-0.3, -0.25) is 9.59 Å². The summed E-state index contributed by atoms with van der Waals surface area (Å²) in [7, 11) is 0. The van der Waals surface area contributed by atoms with Crippen LogP contribution in [0.5, 0.6) is 0 Å². The van der Waals surface area contributed by atoms with E-state index in [0.717, 1.165) is 57.1 Å². The van der Waals surface area contributed by atoms with Gasteiger partial charge in [0, 0.05) is 31.7 Å². The Labute approximate surface area is 192 Å². The third-order valence-electron chi connectivity index (χ3n) is 4.06. The quantitative estimate of drug-likeness (QED) is 0.162. The van der Waals surface area contributed by atoms with Crippen LogP contribution >= 0.6 is 0 Å². The number of carboxylic acids is 1. The number of aliphatic carboxylic acids is 1. The fourth-order valence-corrected chi connectivity index (χ4v) is 2.43. The zero-order valence-corrected chi connectivity index (χ0v) is 19.2. The molecule has 0 rings (SSSR count). The molecule has 0 fully saturated rings. The Morgan fingerprint density at radius 2 is 1.19 bits per heavy atom. The van der Waals surface area contributed by atoms with Crippen molar-refractivity contribution < 1.29 is 19.5 Å². The summed E-state index contributed by atoms with van der Waals surface area (Å²) in [6.45, 7) is 2.70. The van der Waals surface area contributed by atoms with Gasteiger partial charge in [0.05, 0.1) is 0 Å². The van der Waals surface area contributed by atoms with Crippen molar-refractivity contribution in [3.8, 4) is 0 Å². The zero-order chi connectivity index (χ0) is 23.7. The summed E-state index contributed by atoms with van der Waals surface area (Å²) in [5, 5.41) is 13.6. The minimum Gasteiger partial charge on any atom is -0.478 e. The highest BCUT2D eigenvalue weighted by Crippen LogP contribution is 1.99. The van der Waals surface area contributed by atoms with Gasteiger partial charge in [-0.15, -0.1) is 0 Å². The largest absolute Gasteiger partial charge is 0.478 e. The van der Waals surface area contributed by atoms with Crippen molar-refractivity contribution in [2.75, 3.05) is 13.1 Å². The number of hydrogen-bond acceptors (Lipinski definition) is 3. The maximum Gasteiger partial charge on any atom is 0.328 e. The molecule has 176 valence electrons. The standard InChI is InChI=1S/C26H38N2O4/c1-2-3-4-5-6-7-8-9-10-11-12-13-14-15-16-17-18-19-24(29)27-22-23-28-25(30)20-21-26(31)32/h3-4,6-7,9-10,12-13,15-16,20-21H,2,5,8,11,14,17-19,22-23H2,1H3,(H,27,29)(H,28,30)(H,31,32)/b4-3?,7-6?,10-9?,13-12?,16-15?,21-20+. The molecule has 0 aromatic carbocycles. The molecule has 0 aliphatic rings. The number of allylic oxidation sites excluding steroid dienone is 10. The van der Waals surface area contributed by atoms with Crippen molar-refractivity contribution in [3.05, 3.63) is 72.9 Å². The highest BCUT2D eigenvalue weighted by atomic mass is 16.4. The molecule has 0 bridgehead atoms. The molecule has 0 aromatic heterocycles. The molecule has 0 spiro atoms. The van der Waals surface area contributed by atoms with E-state index in [9.17, 15) is 14.4 Å². The van der Waals surface area contributed by atoms with E-state index in [1.165, 1.54) is 0 Å². The van der Waals surface area contributed by atoms with Crippen LogP contribution in [-0.2, 0) is 14.4 Å². The second-order valence-corrected chi connectivity index (χ2v) is 6.91. The van der Waals surface area contributed by atoms with Crippen LogP contribution in [0.3, 0.4) is 0 Å². The average Bonchev–Trinajstić information content (AvgIpc) is 2.77. The van der Waals surface area contributed by atoms with Crippen molar-refractivity contribution in [1.29, 1.82) is 0 Å². The minimum absolute atomic E-state index is 0.0623. The molecular weight excluding hydrogens is 404 g/mol. The van der Waals surface area contributed by atoms with Crippen LogP contribution in [0, 0.1) is 0 Å². The lowest BCUT2D eigenvalue weighted by molar-refractivity contribution is -0.131. The van der Waals surface area contributed by atoms with E-state index in [1.54, 1.807) is 0 Å². The van der Waals surface area contributed by atoms with Gasteiger partial charge < -0.3 is 15.7 Å². The Balaban J connectivity index is 3.60. The number of hydrogen-bond donors (Lipinski definition) is 3. The van der Waals surface area contributed by atoms with Crippen LogP contribution in [-0.4, -0.2) is 36.0 Å². The lowest BCUT2D eigenvalue weighted by atomic mass is 10.2. The van der Waals surface area contributed by atoms with Crippen molar-refractivity contribution >= 4 is 17.8 Å². The maximum atomic E-state index is 11.7. The molecule has 6 heteroatoms. The summed E-state index contributed by atoms with van der Waals surface area (Å²) in [5.74, 6) is -1.74. The molecule has 0 saturated carbocycles. The van der Waals surface area contributed by atoms with Crippen molar-refractivity contribution in [3.63, 3.8) is 0 Å². The summed E-state index contributed by atoms with van der Waals surface area (Å²) in [5.41, 5.74) is 0. The summed E-state index contributed by atoms with van der Waals surface area (Å²) in [4.78, 5) is 33.2. The van der Waals surface area contributed by atoms with Gasteiger partial charge >= 0.3 is 5.97 Å². The SMILES string of the molecule is CCC=CCC=CCC=CCC=CCC=CCCCC(=O)NCCNC(=O)/C=C/C(=O)O. The van der Waals surface area contributed by atoms with E-state index in [-0.39, 0.29) is 12.5 Å². The zero-order valence-electron chi connectivity index (χ0n) is 19.2. The normalized spacial score (nSPS) is 12.3. The van der Waals surface area contributed by atoms with E-state index in [2.05, 4.69) is 78.3 Å². The summed E-state index contributed by atoms with van der Waals surface area (Å²) in [6.07, 6.45) is 30.2. The molecule has 2 amide bonds. The highest BCUT2D eigenvalue weighted by molar-refractivity contribution is 5.93. The summed E-state index contributed by atoms with van der Waals surface area (Å²) >= 11 is 0. The minimum atomic E-state index is -1.18. The highest BCUT2D eigenvalue weighted by Gasteiger charge is 2.00. The number of nitrogens with one attached hydrogen (secondary N) is 2. The van der Waals surface area contributed by atoms with Crippen molar-refractivity contribution in [1.82, 2.24) is 10.6 Å². The van der Waals surface area contributed by atoms with E-state index in [0.29, 0.717) is 13.0 Å². The number of carbonyl (C=O) groups is 3. The third kappa shape index (κ3) is 23.1. The van der Waals surface area contributed by atoms with Crippen molar-refractivity contribution in [2.45, 2.75) is 58.3 Å². The van der Waals surface area contributed by atoms with Crippen LogP contribution in [0.4, 0.5) is 0 Å². The molecule has 0 heterocycles. The van der Waals surface area contributed by atoms with Gasteiger partial charge in [-0.05, 0) is 44.9 Å². The lowest BCUT2D eigenvalue weighted by Crippen LogP contribution is -2.33. The first-order chi connectivity index (χ1) is 15.6. The van der Waals surface area contributed by atoms with Gasteiger partial charge in [-0.1, -0.05) is 67.7 Å². The van der Waals surface area contributed by atoms with Crippen molar-refractivity contribution in [2.24, 2.45) is 0 Å². The Bertz CT molecular complexity index is 701. The molecule has 0 aromatic rings. The monoisotopic (exact) mass is 442 g/mol. The fourth-order valence-electron chi connectivity index (χ4n) is 2.43. The Kier molecular flexibility index (Phi) is 20.3. The van der Waals surface area contributed by atoms with Gasteiger partial charge in [0.15, 0.2) is 0 Å². The van der Waals surface area contributed by atoms with Gasteiger partial charge in [0.1, 0.15) is 0 Å². The number of carboxylic acid groups (broad SMARTS) is 1. The lowest BCUT2D eigenvalue weighted by Gasteiger charge is -2.05. The van der Waals surface area contributed by atoms with Gasteiger partial charge in [0.2, 0.25) is 11.8 Å². The second-order valence-electron chi connectivity index (χ2n) is 6.91. The van der Waals surface area contributed by atoms with Gasteiger partial charge in [-0.2, -0.15) is 0 Å². The Morgan fingerprint density at radius 1 is 0.688 bits per heavy atom. The Hall–Kier alpha value is -3.15. The smallest absolute Gasteiger partial charge is 0.328 e. The van der Waals surface area contributed by atoms with Crippen LogP contribution in [0.2, 0.25) is 0 Å². The van der Waals surface area contributed by atoms with E-state index < -0.39 is 11.9 Å². The molecule has 0 saturated heterocycles. The number of carbonyl (C=O) groups excluding carboxylic acids is 2. The topological polar surface area (TPSA) is 95.5 Å². The van der Waals surface area contributed by atoms with Gasteiger partial charge in [-0.25, -0.2) is 4.79 Å². The van der Waals surface area contributed by atoms with E-state index in [1.807, 2.05) is 0 Å². The number of rotatable bonds is 18. The predicted molar refractivity (Wildman–Crippen MR) is 131 cm³/mol. The molecule has 0 unspecified atom stereocenters. The molecular formula is C26H38N2O4. The number of unbranched alkanes of at least 4 members (excludes halogenated alkanes) is 1. The van der Waals surface area contributed by atoms with Gasteiger partial charge in [0.25, 0.3) is 0 Å².